The van der Waals surface area contributed by atoms with Crippen molar-refractivity contribution in [2.24, 2.45) is 0 Å². The average molecular weight is 242 g/mol. The number of rotatable bonds is 2. The van der Waals surface area contributed by atoms with E-state index in [0.717, 1.165) is 23.7 Å². The van der Waals surface area contributed by atoms with Crippen molar-refractivity contribution in [2.75, 3.05) is 11.1 Å². The molecule has 2 heterocycles. The van der Waals surface area contributed by atoms with Gasteiger partial charge in [0, 0.05) is 18.2 Å². The van der Waals surface area contributed by atoms with Crippen LogP contribution in [0.15, 0.2) is 4.90 Å². The van der Waals surface area contributed by atoms with Gasteiger partial charge in [-0.15, -0.1) is 11.8 Å². The summed E-state index contributed by atoms with van der Waals surface area (Å²) in [6.45, 7) is 0. The standard InChI is InChI=1S/C10H12ClN3S/c11-10-13-7-4-5-15-8(7)9(14-10)12-6-2-1-3-6/h6H,1-5H2,(H,12,13,14). The Bertz CT molecular complexity index is 392. The Labute approximate surface area is 98.0 Å². The maximum Gasteiger partial charge on any atom is 0.224 e. The lowest BCUT2D eigenvalue weighted by Gasteiger charge is -2.27. The number of aryl methyl sites for hydroxylation is 1. The first-order valence-corrected chi connectivity index (χ1v) is 6.65. The van der Waals surface area contributed by atoms with E-state index in [9.17, 15) is 0 Å². The molecule has 3 rings (SSSR count). The largest absolute Gasteiger partial charge is 0.366 e. The molecule has 80 valence electrons. The van der Waals surface area contributed by atoms with Gasteiger partial charge in [0.2, 0.25) is 5.28 Å². The van der Waals surface area contributed by atoms with Gasteiger partial charge in [-0.2, -0.15) is 4.98 Å². The van der Waals surface area contributed by atoms with Crippen LogP contribution in [0.5, 0.6) is 0 Å². The second-order valence-electron chi connectivity index (χ2n) is 3.99. The van der Waals surface area contributed by atoms with Gasteiger partial charge in [-0.3, -0.25) is 0 Å². The van der Waals surface area contributed by atoms with Crippen LogP contribution in [0.3, 0.4) is 0 Å². The van der Waals surface area contributed by atoms with Gasteiger partial charge in [-0.05, 0) is 30.9 Å². The molecule has 1 aromatic rings. The van der Waals surface area contributed by atoms with Gasteiger partial charge < -0.3 is 5.32 Å². The number of aromatic nitrogens is 2. The highest BCUT2D eigenvalue weighted by atomic mass is 35.5. The minimum atomic E-state index is 0.373. The third-order valence-electron chi connectivity index (χ3n) is 2.94. The van der Waals surface area contributed by atoms with E-state index in [1.165, 1.54) is 24.2 Å². The maximum atomic E-state index is 5.90. The van der Waals surface area contributed by atoms with Crippen molar-refractivity contribution < 1.29 is 0 Å². The lowest BCUT2D eigenvalue weighted by atomic mass is 9.93. The van der Waals surface area contributed by atoms with Crippen molar-refractivity contribution in [2.45, 2.75) is 36.6 Å². The van der Waals surface area contributed by atoms with Crippen LogP contribution in [0.4, 0.5) is 5.82 Å². The zero-order chi connectivity index (χ0) is 10.3. The van der Waals surface area contributed by atoms with Crippen molar-refractivity contribution in [3.8, 4) is 0 Å². The first-order chi connectivity index (χ1) is 7.33. The van der Waals surface area contributed by atoms with E-state index in [0.29, 0.717) is 11.3 Å². The highest BCUT2D eigenvalue weighted by Crippen LogP contribution is 2.37. The van der Waals surface area contributed by atoms with Crippen LogP contribution in [-0.2, 0) is 6.42 Å². The van der Waals surface area contributed by atoms with Crippen LogP contribution in [-0.4, -0.2) is 21.8 Å². The van der Waals surface area contributed by atoms with E-state index < -0.39 is 0 Å². The van der Waals surface area contributed by atoms with E-state index in [4.69, 9.17) is 11.6 Å². The lowest BCUT2D eigenvalue weighted by Crippen LogP contribution is -2.27. The highest BCUT2D eigenvalue weighted by Gasteiger charge is 2.23. The molecule has 1 N–H and O–H groups in total. The van der Waals surface area contributed by atoms with Gasteiger partial charge in [0.1, 0.15) is 5.82 Å². The SMILES string of the molecule is Clc1nc2c(c(NC3CCC3)n1)SCC2. The molecule has 1 saturated carbocycles. The molecule has 1 fully saturated rings. The number of thioether (sulfide) groups is 1. The molecular formula is C10H12ClN3S. The van der Waals surface area contributed by atoms with E-state index in [1.807, 2.05) is 11.8 Å². The number of nitrogens with one attached hydrogen (secondary N) is 1. The maximum absolute atomic E-state index is 5.90. The van der Waals surface area contributed by atoms with Crippen LogP contribution < -0.4 is 5.32 Å². The van der Waals surface area contributed by atoms with Crippen molar-refractivity contribution >= 4 is 29.2 Å². The third-order valence-corrected chi connectivity index (χ3v) is 4.23. The summed E-state index contributed by atoms with van der Waals surface area (Å²) in [6, 6.07) is 0.598. The number of anilines is 1. The first kappa shape index (κ1) is 9.73. The molecule has 2 aliphatic rings. The van der Waals surface area contributed by atoms with Crippen LogP contribution in [0, 0.1) is 0 Å². The topological polar surface area (TPSA) is 37.8 Å². The van der Waals surface area contributed by atoms with Gasteiger partial charge in [-0.1, -0.05) is 0 Å². The molecule has 15 heavy (non-hydrogen) atoms. The molecule has 5 heteroatoms. The predicted octanol–water partition coefficient (Wildman–Crippen LogP) is 2.74. The number of halogens is 1. The summed E-state index contributed by atoms with van der Waals surface area (Å²) < 4.78 is 0. The van der Waals surface area contributed by atoms with Crippen molar-refractivity contribution in [1.29, 1.82) is 0 Å². The predicted molar refractivity (Wildman–Crippen MR) is 62.7 cm³/mol. The molecule has 0 radical (unpaired) electrons. The van der Waals surface area contributed by atoms with Gasteiger partial charge in [0.25, 0.3) is 0 Å². The molecule has 1 aromatic heterocycles. The summed E-state index contributed by atoms with van der Waals surface area (Å²) in [5, 5.41) is 3.84. The fourth-order valence-corrected chi connectivity index (χ4v) is 3.12. The van der Waals surface area contributed by atoms with Gasteiger partial charge in [-0.25, -0.2) is 4.98 Å². The quantitative estimate of drug-likeness (QED) is 0.808. The monoisotopic (exact) mass is 241 g/mol. The Morgan fingerprint density at radius 2 is 2.20 bits per heavy atom. The number of hydrogen-bond donors (Lipinski definition) is 1. The van der Waals surface area contributed by atoms with E-state index in [1.54, 1.807) is 0 Å². The van der Waals surface area contributed by atoms with Crippen molar-refractivity contribution in [3.63, 3.8) is 0 Å². The fraction of sp³-hybridized carbons (Fsp3) is 0.600. The second kappa shape index (κ2) is 3.83. The molecule has 0 saturated heterocycles. The highest BCUT2D eigenvalue weighted by molar-refractivity contribution is 7.99. The summed E-state index contributed by atoms with van der Waals surface area (Å²) >= 11 is 7.74. The normalized spacial score (nSPS) is 19.8. The third kappa shape index (κ3) is 1.81. The molecule has 1 aliphatic carbocycles. The van der Waals surface area contributed by atoms with E-state index in [2.05, 4.69) is 15.3 Å². The zero-order valence-electron chi connectivity index (χ0n) is 8.29. The molecule has 0 bridgehead atoms. The Kier molecular flexibility index (Phi) is 2.48. The van der Waals surface area contributed by atoms with Crippen molar-refractivity contribution in [3.05, 3.63) is 11.0 Å². The molecular weight excluding hydrogens is 230 g/mol. The van der Waals surface area contributed by atoms with Crippen LogP contribution >= 0.6 is 23.4 Å². The minimum Gasteiger partial charge on any atom is -0.366 e. The number of fused-ring (bicyclic) bond motifs is 1. The van der Waals surface area contributed by atoms with Crippen molar-refractivity contribution in [1.82, 2.24) is 9.97 Å². The van der Waals surface area contributed by atoms with E-state index >= 15 is 0 Å². The fourth-order valence-electron chi connectivity index (χ4n) is 1.88. The Hall–Kier alpha value is -0.480. The summed E-state index contributed by atoms with van der Waals surface area (Å²) in [5.74, 6) is 2.06. The number of hydrogen-bond acceptors (Lipinski definition) is 4. The van der Waals surface area contributed by atoms with Crippen LogP contribution in [0.1, 0.15) is 25.0 Å². The van der Waals surface area contributed by atoms with Crippen LogP contribution in [0.2, 0.25) is 5.28 Å². The zero-order valence-corrected chi connectivity index (χ0v) is 9.87. The molecule has 0 atom stereocenters. The molecule has 0 aromatic carbocycles. The summed E-state index contributed by atoms with van der Waals surface area (Å²) in [5.41, 5.74) is 1.11. The summed E-state index contributed by atoms with van der Waals surface area (Å²) in [6.07, 6.45) is 4.84. The molecule has 0 amide bonds. The smallest absolute Gasteiger partial charge is 0.224 e. The van der Waals surface area contributed by atoms with Crippen LogP contribution in [0.25, 0.3) is 0 Å². The van der Waals surface area contributed by atoms with Gasteiger partial charge >= 0.3 is 0 Å². The molecule has 1 aliphatic heterocycles. The van der Waals surface area contributed by atoms with Gasteiger partial charge in [0.15, 0.2) is 0 Å². The molecule has 3 nitrogen and oxygen atoms in total. The Morgan fingerprint density at radius 1 is 1.33 bits per heavy atom. The summed E-state index contributed by atoms with van der Waals surface area (Å²) in [4.78, 5) is 9.76. The Balaban J connectivity index is 1.91. The van der Waals surface area contributed by atoms with Gasteiger partial charge in [0.05, 0.1) is 10.6 Å². The average Bonchev–Trinajstić information content (AvgIpc) is 2.58. The summed E-state index contributed by atoms with van der Waals surface area (Å²) in [7, 11) is 0. The lowest BCUT2D eigenvalue weighted by molar-refractivity contribution is 0.443. The van der Waals surface area contributed by atoms with E-state index in [-0.39, 0.29) is 0 Å². The minimum absolute atomic E-state index is 0.373. The first-order valence-electron chi connectivity index (χ1n) is 5.28. The second-order valence-corrected chi connectivity index (χ2v) is 5.43. The molecule has 0 spiro atoms. The Morgan fingerprint density at radius 3 is 2.93 bits per heavy atom. The number of nitrogens with zero attached hydrogens (tertiary/aromatic N) is 2. The molecule has 0 unspecified atom stereocenters.